The summed E-state index contributed by atoms with van der Waals surface area (Å²) in [7, 11) is 0. The second kappa shape index (κ2) is 5.19. The molecule has 1 aromatic rings. The van der Waals surface area contributed by atoms with Crippen molar-refractivity contribution < 1.29 is 4.39 Å². The molecule has 0 aliphatic rings. The summed E-state index contributed by atoms with van der Waals surface area (Å²) in [4.78, 5) is 0. The molecule has 0 nitrogen and oxygen atoms in total. The molecule has 0 amide bonds. The van der Waals surface area contributed by atoms with E-state index in [1.807, 2.05) is 18.2 Å². The van der Waals surface area contributed by atoms with Gasteiger partial charge in [-0.2, -0.15) is 11.8 Å². The molecule has 0 atom stereocenters. The summed E-state index contributed by atoms with van der Waals surface area (Å²) >= 11 is 1.63. The monoisotopic (exact) mass is 170 g/mol. The van der Waals surface area contributed by atoms with E-state index in [0.29, 0.717) is 5.75 Å². The topological polar surface area (TPSA) is 0 Å². The van der Waals surface area contributed by atoms with Crippen molar-refractivity contribution >= 4 is 11.8 Å². The van der Waals surface area contributed by atoms with Crippen LogP contribution in [0.5, 0.6) is 0 Å². The average molecular weight is 170 g/mol. The van der Waals surface area contributed by atoms with Crippen LogP contribution in [0.3, 0.4) is 0 Å². The van der Waals surface area contributed by atoms with Crippen molar-refractivity contribution in [1.82, 2.24) is 0 Å². The number of benzene rings is 1. The van der Waals surface area contributed by atoms with Gasteiger partial charge in [-0.05, 0) is 5.56 Å². The van der Waals surface area contributed by atoms with E-state index in [-0.39, 0.29) is 6.67 Å². The van der Waals surface area contributed by atoms with Crippen molar-refractivity contribution in [3.8, 4) is 0 Å². The summed E-state index contributed by atoms with van der Waals surface area (Å²) in [6.45, 7) is -0.225. The van der Waals surface area contributed by atoms with Gasteiger partial charge in [-0.3, -0.25) is 4.39 Å². The molecule has 11 heavy (non-hydrogen) atoms. The first-order valence-electron chi connectivity index (χ1n) is 3.61. The van der Waals surface area contributed by atoms with Crippen LogP contribution >= 0.6 is 11.8 Å². The molecule has 0 spiro atoms. The molecule has 0 fully saturated rings. The summed E-state index contributed by atoms with van der Waals surface area (Å²) in [6, 6.07) is 10.1. The summed E-state index contributed by atoms with van der Waals surface area (Å²) in [5.41, 5.74) is 1.27. The molecule has 0 heterocycles. The van der Waals surface area contributed by atoms with Crippen LogP contribution in [-0.4, -0.2) is 12.4 Å². The van der Waals surface area contributed by atoms with Crippen LogP contribution in [0.25, 0.3) is 0 Å². The molecule has 0 saturated carbocycles. The van der Waals surface area contributed by atoms with Crippen molar-refractivity contribution in [2.75, 3.05) is 12.4 Å². The average Bonchev–Trinajstić information content (AvgIpc) is 2.07. The molecule has 0 aliphatic heterocycles. The Morgan fingerprint density at radius 3 is 2.55 bits per heavy atom. The third-order valence-electron chi connectivity index (χ3n) is 1.33. The Balaban J connectivity index is 2.28. The fourth-order valence-corrected chi connectivity index (χ4v) is 1.50. The fraction of sp³-hybridized carbons (Fsp3) is 0.333. The molecule has 0 aliphatic carbocycles. The van der Waals surface area contributed by atoms with Gasteiger partial charge in [0.1, 0.15) is 0 Å². The summed E-state index contributed by atoms with van der Waals surface area (Å²) in [6.07, 6.45) is 0. The lowest BCUT2D eigenvalue weighted by Crippen LogP contribution is -1.83. The quantitative estimate of drug-likeness (QED) is 0.626. The summed E-state index contributed by atoms with van der Waals surface area (Å²) in [5.74, 6) is 1.53. The minimum Gasteiger partial charge on any atom is -0.250 e. The van der Waals surface area contributed by atoms with Gasteiger partial charge in [0.05, 0.1) is 6.67 Å². The van der Waals surface area contributed by atoms with Crippen molar-refractivity contribution in [3.05, 3.63) is 35.9 Å². The molecule has 2 heteroatoms. The normalized spacial score (nSPS) is 9.91. The lowest BCUT2D eigenvalue weighted by atomic mass is 10.2. The molecule has 0 bridgehead atoms. The van der Waals surface area contributed by atoms with E-state index in [9.17, 15) is 4.39 Å². The van der Waals surface area contributed by atoms with Crippen molar-refractivity contribution in [2.24, 2.45) is 0 Å². The zero-order chi connectivity index (χ0) is 7.94. The number of halogens is 1. The van der Waals surface area contributed by atoms with E-state index in [4.69, 9.17) is 0 Å². The van der Waals surface area contributed by atoms with Gasteiger partial charge in [0.25, 0.3) is 0 Å². The van der Waals surface area contributed by atoms with Gasteiger partial charge >= 0.3 is 0 Å². The molecule has 0 radical (unpaired) electrons. The highest BCUT2D eigenvalue weighted by Gasteiger charge is 1.90. The van der Waals surface area contributed by atoms with E-state index < -0.39 is 0 Å². The predicted molar refractivity (Wildman–Crippen MR) is 48.6 cm³/mol. The molecule has 0 saturated heterocycles. The first kappa shape index (κ1) is 8.60. The Morgan fingerprint density at radius 1 is 1.18 bits per heavy atom. The number of rotatable bonds is 4. The second-order valence-electron chi connectivity index (χ2n) is 2.23. The molecular formula is C9H11FS. The number of alkyl halides is 1. The molecule has 1 aromatic carbocycles. The Kier molecular flexibility index (Phi) is 4.06. The lowest BCUT2D eigenvalue weighted by molar-refractivity contribution is 0.533. The van der Waals surface area contributed by atoms with Gasteiger partial charge in [0, 0.05) is 11.5 Å². The van der Waals surface area contributed by atoms with Crippen molar-refractivity contribution in [3.63, 3.8) is 0 Å². The van der Waals surface area contributed by atoms with Gasteiger partial charge in [0.15, 0.2) is 0 Å². The maximum absolute atomic E-state index is 11.7. The van der Waals surface area contributed by atoms with Crippen LogP contribution in [0.4, 0.5) is 4.39 Å². The van der Waals surface area contributed by atoms with Crippen LogP contribution in [0.2, 0.25) is 0 Å². The van der Waals surface area contributed by atoms with Crippen LogP contribution in [0, 0.1) is 0 Å². The maximum Gasteiger partial charge on any atom is 0.0984 e. The lowest BCUT2D eigenvalue weighted by Gasteiger charge is -1.97. The largest absolute Gasteiger partial charge is 0.250 e. The standard InChI is InChI=1S/C9H11FS/c10-6-7-11-8-9-4-2-1-3-5-9/h1-5H,6-8H2. The maximum atomic E-state index is 11.7. The first-order chi connectivity index (χ1) is 5.43. The SMILES string of the molecule is FCCSCc1ccccc1. The van der Waals surface area contributed by atoms with Crippen LogP contribution in [0.1, 0.15) is 5.56 Å². The summed E-state index contributed by atoms with van der Waals surface area (Å²) < 4.78 is 11.7. The van der Waals surface area contributed by atoms with E-state index >= 15 is 0 Å². The minimum atomic E-state index is -0.225. The Hall–Kier alpha value is -0.500. The zero-order valence-electron chi connectivity index (χ0n) is 6.29. The zero-order valence-corrected chi connectivity index (χ0v) is 7.11. The minimum absolute atomic E-state index is 0.225. The van der Waals surface area contributed by atoms with E-state index in [0.717, 1.165) is 5.75 Å². The third kappa shape index (κ3) is 3.42. The Bertz CT molecular complexity index is 186. The first-order valence-corrected chi connectivity index (χ1v) is 4.76. The second-order valence-corrected chi connectivity index (χ2v) is 3.33. The van der Waals surface area contributed by atoms with Crippen molar-refractivity contribution in [2.45, 2.75) is 5.75 Å². The molecule has 0 aromatic heterocycles. The predicted octanol–water partition coefficient (Wildman–Crippen LogP) is 2.89. The van der Waals surface area contributed by atoms with Gasteiger partial charge in [-0.25, -0.2) is 0 Å². The molecule has 1 rings (SSSR count). The number of thioether (sulfide) groups is 1. The van der Waals surface area contributed by atoms with E-state index in [1.54, 1.807) is 11.8 Å². The highest BCUT2D eigenvalue weighted by molar-refractivity contribution is 7.98. The smallest absolute Gasteiger partial charge is 0.0984 e. The van der Waals surface area contributed by atoms with Gasteiger partial charge < -0.3 is 0 Å². The molecule has 0 unspecified atom stereocenters. The summed E-state index contributed by atoms with van der Waals surface area (Å²) in [5, 5.41) is 0. The van der Waals surface area contributed by atoms with E-state index in [1.165, 1.54) is 5.56 Å². The highest BCUT2D eigenvalue weighted by Crippen LogP contribution is 2.10. The van der Waals surface area contributed by atoms with Crippen LogP contribution < -0.4 is 0 Å². The molecule has 0 N–H and O–H groups in total. The van der Waals surface area contributed by atoms with Gasteiger partial charge in [0.2, 0.25) is 0 Å². The third-order valence-corrected chi connectivity index (χ3v) is 2.31. The van der Waals surface area contributed by atoms with Crippen LogP contribution in [0.15, 0.2) is 30.3 Å². The van der Waals surface area contributed by atoms with Crippen molar-refractivity contribution in [1.29, 1.82) is 0 Å². The Labute approximate surface area is 70.8 Å². The molecular weight excluding hydrogens is 159 g/mol. The highest BCUT2D eigenvalue weighted by atomic mass is 32.2. The van der Waals surface area contributed by atoms with Crippen LogP contribution in [-0.2, 0) is 5.75 Å². The Morgan fingerprint density at radius 2 is 1.91 bits per heavy atom. The van der Waals surface area contributed by atoms with Gasteiger partial charge in [-0.15, -0.1) is 0 Å². The molecule has 60 valence electrons. The number of hydrogen-bond donors (Lipinski definition) is 0. The fourth-order valence-electron chi connectivity index (χ4n) is 0.819. The number of hydrogen-bond acceptors (Lipinski definition) is 1. The van der Waals surface area contributed by atoms with Gasteiger partial charge in [-0.1, -0.05) is 30.3 Å². The van der Waals surface area contributed by atoms with E-state index in [2.05, 4.69) is 12.1 Å².